The van der Waals surface area contributed by atoms with Gasteiger partial charge in [0.25, 0.3) is 5.91 Å². The van der Waals surface area contributed by atoms with Gasteiger partial charge >= 0.3 is 5.97 Å². The number of nitrogens with two attached hydrogens (primary N) is 1. The van der Waals surface area contributed by atoms with Crippen LogP contribution in [0.3, 0.4) is 0 Å². The smallest absolute Gasteiger partial charge is 0.361 e. The van der Waals surface area contributed by atoms with Crippen LogP contribution in [0.4, 0.5) is 15.9 Å². The zero-order chi connectivity index (χ0) is 27.4. The first-order valence-corrected chi connectivity index (χ1v) is 12.6. The lowest BCUT2D eigenvalue weighted by Crippen LogP contribution is -2.29. The Morgan fingerprint density at radius 1 is 1.15 bits per heavy atom. The third-order valence-corrected chi connectivity index (χ3v) is 6.57. The number of hydrogen-bond donors (Lipinski definition) is 3. The highest BCUT2D eigenvalue weighted by atomic mass is 19.1. The molecule has 0 saturated carbocycles. The summed E-state index contributed by atoms with van der Waals surface area (Å²) in [6.45, 7) is 3.44. The number of rotatable bonds is 7. The molecule has 1 atom stereocenters. The summed E-state index contributed by atoms with van der Waals surface area (Å²) in [5, 5.41) is 10.5. The zero-order valence-electron chi connectivity index (χ0n) is 21.3. The van der Waals surface area contributed by atoms with Gasteiger partial charge in [-0.15, -0.1) is 0 Å². The van der Waals surface area contributed by atoms with Crippen molar-refractivity contribution in [3.63, 3.8) is 0 Å². The molecule has 1 fully saturated rings. The number of aromatic nitrogens is 4. The quantitative estimate of drug-likeness (QED) is 0.307. The van der Waals surface area contributed by atoms with Gasteiger partial charge in [-0.1, -0.05) is 30.3 Å². The number of nitrogen functional groups attached to an aromatic ring is 1. The van der Waals surface area contributed by atoms with Crippen LogP contribution in [0.25, 0.3) is 11.3 Å². The maximum atomic E-state index is 13.7. The molecule has 3 heterocycles. The lowest BCUT2D eigenvalue weighted by Gasteiger charge is -2.22. The molecular weight excluding hydrogens is 501 g/mol. The number of piperidine rings is 1. The van der Waals surface area contributed by atoms with E-state index in [0.29, 0.717) is 28.1 Å². The molecule has 2 aromatic heterocycles. The van der Waals surface area contributed by atoms with Crippen LogP contribution in [-0.2, 0) is 9.53 Å². The van der Waals surface area contributed by atoms with Crippen LogP contribution in [0, 0.1) is 12.7 Å². The van der Waals surface area contributed by atoms with E-state index in [9.17, 15) is 14.0 Å². The van der Waals surface area contributed by atoms with E-state index in [2.05, 4.69) is 25.7 Å². The molecule has 1 amide bonds. The first kappa shape index (κ1) is 26.0. The Balaban J connectivity index is 1.38. The van der Waals surface area contributed by atoms with Crippen molar-refractivity contribution in [1.82, 2.24) is 25.1 Å². The van der Waals surface area contributed by atoms with Crippen molar-refractivity contribution >= 4 is 23.4 Å². The predicted octanol–water partition coefficient (Wildman–Crippen LogP) is 3.83. The zero-order valence-corrected chi connectivity index (χ0v) is 21.3. The van der Waals surface area contributed by atoms with E-state index in [1.807, 2.05) is 10.9 Å². The normalized spacial score (nSPS) is 14.5. The molecule has 0 unspecified atom stereocenters. The number of nitrogens with one attached hydrogen (secondary N) is 2. The molecule has 10 nitrogen and oxygen atoms in total. The molecule has 5 rings (SSSR count). The van der Waals surface area contributed by atoms with Crippen molar-refractivity contribution in [3.05, 3.63) is 89.8 Å². The molecule has 1 aliphatic heterocycles. The number of aryl methyl sites for hydroxylation is 1. The van der Waals surface area contributed by atoms with Crippen molar-refractivity contribution in [1.29, 1.82) is 0 Å². The summed E-state index contributed by atoms with van der Waals surface area (Å²) in [5.41, 5.74) is 8.03. The Hall–Kier alpha value is -4.64. The van der Waals surface area contributed by atoms with Crippen LogP contribution in [0.15, 0.2) is 67.1 Å². The minimum Gasteiger partial charge on any atom is -0.442 e. The molecule has 1 aliphatic rings. The van der Waals surface area contributed by atoms with E-state index >= 15 is 0 Å². The van der Waals surface area contributed by atoms with Crippen molar-refractivity contribution in [3.8, 4) is 11.3 Å². The van der Waals surface area contributed by atoms with Crippen molar-refractivity contribution in [2.45, 2.75) is 31.9 Å². The molecule has 11 heteroatoms. The minimum absolute atomic E-state index is 0.129. The summed E-state index contributed by atoms with van der Waals surface area (Å²) in [5.74, 6) is -2.05. The minimum atomic E-state index is -1.32. The maximum Gasteiger partial charge on any atom is 0.361 e. The number of halogens is 1. The first-order chi connectivity index (χ1) is 18.9. The van der Waals surface area contributed by atoms with E-state index in [1.165, 1.54) is 24.4 Å². The van der Waals surface area contributed by atoms with Gasteiger partial charge in [0.2, 0.25) is 6.10 Å². The SMILES string of the molecule is Cc1cc(NC(=O)[C@H](OC(=O)c2nc(-c3cnn(C4CCNCC4)c3)cnc2N)c2ccccc2)ccc1F. The molecule has 200 valence electrons. The topological polar surface area (TPSA) is 137 Å². The van der Waals surface area contributed by atoms with E-state index in [0.717, 1.165) is 25.9 Å². The van der Waals surface area contributed by atoms with Crippen LogP contribution in [-0.4, -0.2) is 44.7 Å². The summed E-state index contributed by atoms with van der Waals surface area (Å²) in [6, 6.07) is 13.0. The fourth-order valence-electron chi connectivity index (χ4n) is 4.42. The number of nitrogens with zero attached hydrogens (tertiary/aromatic N) is 4. The number of amides is 1. The molecule has 4 aromatic rings. The molecule has 4 N–H and O–H groups in total. The molecule has 1 saturated heterocycles. The lowest BCUT2D eigenvalue weighted by molar-refractivity contribution is -0.125. The standard InChI is InChI=1S/C28H28FN7O3/c1-17-13-20(7-8-22(17)29)34-27(37)25(18-5-3-2-4-6-18)39-28(38)24-26(30)32-15-23(35-24)19-14-33-36(16-19)21-9-11-31-12-10-21/h2-8,13-16,21,25,31H,9-12H2,1H3,(H2,30,32)(H,34,37)/t25-/m1/s1. The largest absolute Gasteiger partial charge is 0.442 e. The Kier molecular flexibility index (Phi) is 7.60. The Bertz CT molecular complexity index is 1490. The molecule has 39 heavy (non-hydrogen) atoms. The van der Waals surface area contributed by atoms with Crippen LogP contribution in [0.2, 0.25) is 0 Å². The van der Waals surface area contributed by atoms with Gasteiger partial charge in [0.15, 0.2) is 11.5 Å². The second-order valence-electron chi connectivity index (χ2n) is 9.33. The van der Waals surface area contributed by atoms with Crippen molar-refractivity contribution in [2.75, 3.05) is 24.1 Å². The van der Waals surface area contributed by atoms with E-state index in [-0.39, 0.29) is 17.6 Å². The van der Waals surface area contributed by atoms with Gasteiger partial charge < -0.3 is 21.1 Å². The third-order valence-electron chi connectivity index (χ3n) is 6.57. The molecule has 0 aliphatic carbocycles. The van der Waals surface area contributed by atoms with E-state index in [1.54, 1.807) is 43.5 Å². The summed E-state index contributed by atoms with van der Waals surface area (Å²) in [7, 11) is 0. The summed E-state index contributed by atoms with van der Waals surface area (Å²) in [4.78, 5) is 35.1. The highest BCUT2D eigenvalue weighted by Gasteiger charge is 2.28. The van der Waals surface area contributed by atoms with Crippen molar-refractivity contribution in [2.24, 2.45) is 0 Å². The van der Waals surface area contributed by atoms with Gasteiger partial charge in [0.05, 0.1) is 24.1 Å². The summed E-state index contributed by atoms with van der Waals surface area (Å²) < 4.78 is 21.2. The van der Waals surface area contributed by atoms with Gasteiger partial charge in [0, 0.05) is 23.0 Å². The number of anilines is 2. The average molecular weight is 530 g/mol. The first-order valence-electron chi connectivity index (χ1n) is 12.6. The third kappa shape index (κ3) is 5.93. The fourth-order valence-corrected chi connectivity index (χ4v) is 4.42. The number of esters is 1. The Morgan fingerprint density at radius 2 is 1.92 bits per heavy atom. The summed E-state index contributed by atoms with van der Waals surface area (Å²) in [6.07, 6.45) is 5.61. The number of hydrogen-bond acceptors (Lipinski definition) is 8. The van der Waals surface area contributed by atoms with E-state index in [4.69, 9.17) is 10.5 Å². The monoisotopic (exact) mass is 529 g/mol. The molecule has 2 aromatic carbocycles. The molecule has 0 radical (unpaired) electrons. The highest BCUT2D eigenvalue weighted by Crippen LogP contribution is 2.26. The summed E-state index contributed by atoms with van der Waals surface area (Å²) >= 11 is 0. The van der Waals surface area contributed by atoms with Crippen molar-refractivity contribution < 1.29 is 18.7 Å². The van der Waals surface area contributed by atoms with E-state index < -0.39 is 23.8 Å². The van der Waals surface area contributed by atoms with Gasteiger partial charge in [-0.05, 0) is 56.6 Å². The second kappa shape index (κ2) is 11.4. The van der Waals surface area contributed by atoms with Crippen LogP contribution in [0.5, 0.6) is 0 Å². The van der Waals surface area contributed by atoms with Crippen LogP contribution < -0.4 is 16.4 Å². The maximum absolute atomic E-state index is 13.7. The van der Waals surface area contributed by atoms with Gasteiger partial charge in [-0.2, -0.15) is 5.10 Å². The number of benzene rings is 2. The molecular formula is C28H28FN7O3. The Morgan fingerprint density at radius 3 is 2.67 bits per heavy atom. The fraction of sp³-hybridized carbons (Fsp3) is 0.250. The lowest BCUT2D eigenvalue weighted by atomic mass is 10.1. The van der Waals surface area contributed by atoms with Gasteiger partial charge in [0.1, 0.15) is 5.82 Å². The molecule has 0 spiro atoms. The highest BCUT2D eigenvalue weighted by molar-refractivity contribution is 5.99. The van der Waals surface area contributed by atoms with Crippen LogP contribution in [0.1, 0.15) is 46.6 Å². The predicted molar refractivity (Wildman–Crippen MR) is 143 cm³/mol. The number of carbonyl (C=O) groups is 2. The van der Waals surface area contributed by atoms with Crippen LogP contribution >= 0.6 is 0 Å². The number of carbonyl (C=O) groups excluding carboxylic acids is 2. The van der Waals surface area contributed by atoms with Gasteiger partial charge in [-0.25, -0.2) is 19.2 Å². The average Bonchev–Trinajstić information content (AvgIpc) is 3.45. The number of ether oxygens (including phenoxy) is 1. The van der Waals surface area contributed by atoms with Gasteiger partial charge in [-0.3, -0.25) is 9.48 Å². The second-order valence-corrected chi connectivity index (χ2v) is 9.33. The Labute approximate surface area is 224 Å². The molecule has 0 bridgehead atoms.